The Hall–Kier alpha value is -3.41. The van der Waals surface area contributed by atoms with Gasteiger partial charge in [-0.3, -0.25) is 10.2 Å². The van der Waals surface area contributed by atoms with Gasteiger partial charge >= 0.3 is 6.18 Å². The first-order valence-corrected chi connectivity index (χ1v) is 10.5. The number of halogens is 3. The number of nitrogens with one attached hydrogen (secondary N) is 1. The molecule has 0 saturated heterocycles. The summed E-state index contributed by atoms with van der Waals surface area (Å²) in [6, 6.07) is 5.63. The van der Waals surface area contributed by atoms with Crippen molar-refractivity contribution >= 4 is 11.4 Å². The van der Waals surface area contributed by atoms with Gasteiger partial charge < -0.3 is 14.6 Å². The molecule has 0 unspecified atom stereocenters. The summed E-state index contributed by atoms with van der Waals surface area (Å²) in [5.74, 6) is -0.422. The number of fused-ring (bicyclic) bond motifs is 1. The number of nitrogens with zero attached hydrogens (tertiary/aromatic N) is 4. The smallest absolute Gasteiger partial charge is 0.420 e. The molecule has 192 valence electrons. The first kappa shape index (κ1) is 27.8. The third-order valence-electron chi connectivity index (χ3n) is 4.91. The fourth-order valence-corrected chi connectivity index (χ4v) is 3.20. The first-order chi connectivity index (χ1) is 15.8. The van der Waals surface area contributed by atoms with E-state index in [1.54, 1.807) is 19.1 Å². The summed E-state index contributed by atoms with van der Waals surface area (Å²) >= 11 is 0. The molecule has 0 radical (unpaired) electrons. The van der Waals surface area contributed by atoms with Gasteiger partial charge in [0.05, 0.1) is 13.2 Å². The van der Waals surface area contributed by atoms with Crippen LogP contribution in [-0.4, -0.2) is 50.1 Å². The van der Waals surface area contributed by atoms with Crippen LogP contribution >= 0.6 is 0 Å². The van der Waals surface area contributed by atoms with E-state index in [0.717, 1.165) is 16.3 Å². The molecule has 0 amide bonds. The molecule has 0 aliphatic carbocycles. The van der Waals surface area contributed by atoms with Gasteiger partial charge in [-0.25, -0.2) is 4.68 Å². The molecule has 9 nitrogen and oxygen atoms in total. The minimum atomic E-state index is -4.77. The van der Waals surface area contributed by atoms with Crippen LogP contribution in [0.3, 0.4) is 0 Å². The predicted molar refractivity (Wildman–Crippen MR) is 122 cm³/mol. The van der Waals surface area contributed by atoms with Gasteiger partial charge in [0, 0.05) is 11.6 Å². The van der Waals surface area contributed by atoms with Crippen molar-refractivity contribution in [3.05, 3.63) is 46.6 Å². The van der Waals surface area contributed by atoms with Gasteiger partial charge in [0.1, 0.15) is 24.5 Å². The van der Waals surface area contributed by atoms with E-state index in [0.29, 0.717) is 10.3 Å². The van der Waals surface area contributed by atoms with Crippen molar-refractivity contribution in [1.29, 1.82) is 5.41 Å². The number of aromatic nitrogens is 4. The quantitative estimate of drug-likeness (QED) is 0.460. The lowest BCUT2D eigenvalue weighted by atomic mass is 9.85. The average molecular weight is 498 g/mol. The van der Waals surface area contributed by atoms with Crippen LogP contribution in [0.25, 0.3) is 5.65 Å². The van der Waals surface area contributed by atoms with Gasteiger partial charge in [0.25, 0.3) is 0 Å². The predicted octanol–water partition coefficient (Wildman–Crippen LogP) is 3.62. The second-order valence-electron chi connectivity index (χ2n) is 8.53. The third-order valence-corrected chi connectivity index (χ3v) is 4.91. The lowest BCUT2D eigenvalue weighted by Crippen LogP contribution is -2.26. The first-order valence-electron chi connectivity index (χ1n) is 10.5. The van der Waals surface area contributed by atoms with Crippen molar-refractivity contribution in [3.8, 4) is 11.6 Å². The molecule has 0 fully saturated rings. The molecule has 0 bridgehead atoms. The highest BCUT2D eigenvalue weighted by molar-refractivity contribution is 5.96. The highest BCUT2D eigenvalue weighted by atomic mass is 19.4. The summed E-state index contributed by atoms with van der Waals surface area (Å²) in [6.07, 6.45) is -4.77. The molecular formula is C23H30F3N5O4. The van der Waals surface area contributed by atoms with Crippen molar-refractivity contribution in [1.82, 2.24) is 19.4 Å². The number of hydrogen-bond donors (Lipinski definition) is 2. The van der Waals surface area contributed by atoms with E-state index >= 15 is 0 Å². The standard InChI is InChI=1S/C22H26F3N5O4.CH4/c1-5-33-18-11-16(22(23,24)25)19-28-29(20(26)30(19)27-18)12-17(32)13-8-14(21(2,3)4)10-15(9-13)34-7-6-31;/h8-11,26,31H,5-7,12H2,1-4H3;1H4. The number of benzene rings is 1. The molecule has 3 aromatic rings. The summed E-state index contributed by atoms with van der Waals surface area (Å²) < 4.78 is 52.9. The number of Topliss-reactive ketones (excluding diaryl/α,β-unsaturated/α-hetero) is 1. The zero-order chi connectivity index (χ0) is 25.3. The van der Waals surface area contributed by atoms with Crippen molar-refractivity contribution in [2.75, 3.05) is 19.8 Å². The molecule has 0 saturated carbocycles. The second kappa shape index (κ2) is 10.5. The van der Waals surface area contributed by atoms with E-state index in [4.69, 9.17) is 20.0 Å². The molecule has 0 aliphatic rings. The maximum absolute atomic E-state index is 13.6. The number of alkyl halides is 3. The fraction of sp³-hybridized carbons (Fsp3) is 0.478. The Morgan fingerprint density at radius 1 is 1.11 bits per heavy atom. The summed E-state index contributed by atoms with van der Waals surface area (Å²) in [4.78, 5) is 13.1. The summed E-state index contributed by atoms with van der Waals surface area (Å²) in [5.41, 5.74) is -1.54. The maximum Gasteiger partial charge on any atom is 0.420 e. The van der Waals surface area contributed by atoms with E-state index < -0.39 is 35.3 Å². The number of ether oxygens (including phenoxy) is 2. The molecule has 12 heteroatoms. The topological polar surface area (TPSA) is 115 Å². The Bertz CT molecular complexity index is 1260. The van der Waals surface area contributed by atoms with Gasteiger partial charge in [-0.15, -0.1) is 10.2 Å². The lowest BCUT2D eigenvalue weighted by Gasteiger charge is -2.21. The normalized spacial score (nSPS) is 11.9. The molecule has 2 heterocycles. The Labute approximate surface area is 200 Å². The van der Waals surface area contributed by atoms with Gasteiger partial charge in [0.15, 0.2) is 11.4 Å². The van der Waals surface area contributed by atoms with Crippen molar-refractivity contribution < 1.29 is 32.5 Å². The number of hydrogen-bond acceptors (Lipinski definition) is 7. The van der Waals surface area contributed by atoms with Gasteiger partial charge in [-0.2, -0.15) is 17.7 Å². The number of aliphatic hydroxyl groups excluding tert-OH is 1. The monoisotopic (exact) mass is 497 g/mol. The van der Waals surface area contributed by atoms with Crippen LogP contribution in [-0.2, 0) is 18.1 Å². The van der Waals surface area contributed by atoms with Crippen molar-refractivity contribution in [2.24, 2.45) is 0 Å². The largest absolute Gasteiger partial charge is 0.491 e. The summed E-state index contributed by atoms with van der Waals surface area (Å²) in [6.45, 7) is 6.87. The third kappa shape index (κ3) is 6.18. The van der Waals surface area contributed by atoms with Crippen molar-refractivity contribution in [3.63, 3.8) is 0 Å². The molecule has 1 aromatic carbocycles. The van der Waals surface area contributed by atoms with E-state index in [1.807, 2.05) is 20.8 Å². The summed E-state index contributed by atoms with van der Waals surface area (Å²) in [7, 11) is 0. The Morgan fingerprint density at radius 3 is 2.37 bits per heavy atom. The molecule has 3 rings (SSSR count). The van der Waals surface area contributed by atoms with Gasteiger partial charge in [-0.05, 0) is 36.1 Å². The van der Waals surface area contributed by atoms with Crippen molar-refractivity contribution in [2.45, 2.75) is 53.3 Å². The highest BCUT2D eigenvalue weighted by Crippen LogP contribution is 2.33. The second-order valence-corrected chi connectivity index (χ2v) is 8.53. The molecule has 0 atom stereocenters. The Morgan fingerprint density at radius 2 is 1.80 bits per heavy atom. The fourth-order valence-electron chi connectivity index (χ4n) is 3.20. The molecule has 2 N–H and O–H groups in total. The van der Waals surface area contributed by atoms with E-state index in [1.165, 1.54) is 6.07 Å². The molecule has 2 aromatic heterocycles. The van der Waals surface area contributed by atoms with Crippen LogP contribution in [0.4, 0.5) is 13.2 Å². The average Bonchev–Trinajstić information content (AvgIpc) is 3.05. The Kier molecular flexibility index (Phi) is 8.32. The number of carbonyl (C=O) groups is 1. The van der Waals surface area contributed by atoms with E-state index in [2.05, 4.69) is 10.2 Å². The Balaban J connectivity index is 0.00000432. The molecule has 0 spiro atoms. The van der Waals surface area contributed by atoms with Crippen LogP contribution in [0.2, 0.25) is 0 Å². The highest BCUT2D eigenvalue weighted by Gasteiger charge is 2.36. The molecule has 0 aliphatic heterocycles. The number of ketones is 1. The van der Waals surface area contributed by atoms with E-state index in [-0.39, 0.29) is 44.1 Å². The molecule has 35 heavy (non-hydrogen) atoms. The number of carbonyl (C=O) groups excluding carboxylic acids is 1. The number of rotatable bonds is 8. The van der Waals surface area contributed by atoms with Crippen LogP contribution in [0, 0.1) is 5.41 Å². The zero-order valence-electron chi connectivity index (χ0n) is 19.2. The maximum atomic E-state index is 13.6. The van der Waals surface area contributed by atoms with E-state index in [9.17, 15) is 18.0 Å². The SMILES string of the molecule is C.CCOc1cc(C(F)(F)F)c2nn(CC(=O)c3cc(OCCO)cc(C(C)(C)C)c3)c(=N)n2n1. The molecular weight excluding hydrogens is 467 g/mol. The van der Waals surface area contributed by atoms with Crippen LogP contribution in [0.15, 0.2) is 24.3 Å². The lowest BCUT2D eigenvalue weighted by molar-refractivity contribution is -0.136. The van der Waals surface area contributed by atoms with Crippen LogP contribution in [0.1, 0.15) is 56.6 Å². The van der Waals surface area contributed by atoms with Crippen LogP contribution in [0.5, 0.6) is 11.6 Å². The van der Waals surface area contributed by atoms with Gasteiger partial charge in [0.2, 0.25) is 11.5 Å². The zero-order valence-corrected chi connectivity index (χ0v) is 19.2. The minimum absolute atomic E-state index is 0. The van der Waals surface area contributed by atoms with Crippen LogP contribution < -0.4 is 15.1 Å². The number of aliphatic hydroxyl groups is 1. The van der Waals surface area contributed by atoms with Gasteiger partial charge in [-0.1, -0.05) is 28.2 Å². The minimum Gasteiger partial charge on any atom is -0.491 e. The summed E-state index contributed by atoms with van der Waals surface area (Å²) in [5, 5.41) is 25.1.